The zero-order valence-corrected chi connectivity index (χ0v) is 20.9. The Morgan fingerprint density at radius 3 is 2.79 bits per heavy atom. The van der Waals surface area contributed by atoms with E-state index in [0.29, 0.717) is 17.7 Å². The van der Waals surface area contributed by atoms with Crippen LogP contribution in [-0.2, 0) is 11.8 Å². The molecule has 0 atom stereocenters. The zero-order chi connectivity index (χ0) is 36.7. The number of carbonyl (C=O) groups excluding carboxylic acids is 1. The van der Waals surface area contributed by atoms with Crippen molar-refractivity contribution < 1.29 is 29.0 Å². The number of ether oxygens (including phenoxy) is 1. The van der Waals surface area contributed by atoms with Gasteiger partial charge in [0.1, 0.15) is 5.75 Å². The predicted octanol–water partition coefficient (Wildman–Crippen LogP) is 4.81. The van der Waals surface area contributed by atoms with Gasteiger partial charge in [-0.05, 0) is 32.3 Å². The van der Waals surface area contributed by atoms with E-state index in [2.05, 4.69) is 27.2 Å². The third-order valence-electron chi connectivity index (χ3n) is 5.52. The minimum atomic E-state index is -3.01. The number of amides is 1. The molecule has 0 fully saturated rings. The van der Waals surface area contributed by atoms with Crippen LogP contribution in [0.15, 0.2) is 67.1 Å². The molecule has 2 N–H and O–H groups in total. The summed E-state index contributed by atoms with van der Waals surface area (Å²) in [5.41, 5.74) is -0.559. The summed E-state index contributed by atoms with van der Waals surface area (Å²) in [6, 6.07) is 1.29. The average molecular weight is 529 g/mol. The molecule has 2 heterocycles. The Kier molecular flexibility index (Phi) is 4.68. The highest BCUT2D eigenvalue weighted by atomic mass is 19.1. The van der Waals surface area contributed by atoms with E-state index in [4.69, 9.17) is 19.8 Å². The maximum Gasteiger partial charge on any atom is 0.283 e. The summed E-state index contributed by atoms with van der Waals surface area (Å²) in [5.74, 6) is -2.93. The summed E-state index contributed by atoms with van der Waals surface area (Å²) in [7, 11) is 2.40. The number of anilines is 4. The van der Waals surface area contributed by atoms with Crippen LogP contribution < -0.4 is 20.3 Å². The number of nitrogens with one attached hydrogen (secondary N) is 2. The van der Waals surface area contributed by atoms with Gasteiger partial charge in [0, 0.05) is 66.1 Å². The fraction of sp³-hybridized carbons (Fsp3) is 0.250. The van der Waals surface area contributed by atoms with E-state index >= 15 is 0 Å². The molecule has 2 aromatic carbocycles. The molecule has 1 amide bonds. The Bertz CT molecular complexity index is 1950. The topological polar surface area (TPSA) is 87.6 Å². The monoisotopic (exact) mass is 528 g/mol. The first kappa shape index (κ1) is 15.7. The van der Waals surface area contributed by atoms with Crippen molar-refractivity contribution in [2.45, 2.75) is 0 Å². The molecule has 198 valence electrons. The number of aromatic nitrogens is 3. The number of rotatable bonds is 10. The summed E-state index contributed by atoms with van der Waals surface area (Å²) in [6.07, 6.45) is 0.553. The lowest BCUT2D eigenvalue weighted by Crippen LogP contribution is -2.29. The van der Waals surface area contributed by atoms with Gasteiger partial charge in [-0.3, -0.25) is 4.79 Å². The second-order valence-corrected chi connectivity index (χ2v) is 8.49. The maximum absolute atomic E-state index is 13.8. The molecule has 0 saturated heterocycles. The van der Waals surface area contributed by atoms with E-state index in [-0.39, 0.29) is 45.4 Å². The molecule has 0 saturated carbocycles. The molecule has 0 radical (unpaired) electrons. The fourth-order valence-corrected chi connectivity index (χ4v) is 3.57. The predicted molar refractivity (Wildman–Crippen MR) is 151 cm³/mol. The molecule has 0 aliphatic heterocycles. The Morgan fingerprint density at radius 1 is 1.24 bits per heavy atom. The minimum Gasteiger partial charge on any atom is -0.494 e. The third kappa shape index (κ3) is 5.76. The first-order valence-corrected chi connectivity index (χ1v) is 11.2. The Hall–Kier alpha value is -4.44. The molecule has 38 heavy (non-hydrogen) atoms. The first-order valence-electron chi connectivity index (χ1n) is 16.7. The van der Waals surface area contributed by atoms with Crippen molar-refractivity contribution in [2.75, 3.05) is 56.8 Å². The maximum atomic E-state index is 13.8. The van der Waals surface area contributed by atoms with Crippen LogP contribution in [0.2, 0.25) is 0 Å². The lowest BCUT2D eigenvalue weighted by atomic mass is 10.1. The van der Waals surface area contributed by atoms with Gasteiger partial charge in [-0.2, -0.15) is 0 Å². The third-order valence-corrected chi connectivity index (χ3v) is 5.52. The van der Waals surface area contributed by atoms with Crippen molar-refractivity contribution in [1.29, 1.82) is 0 Å². The normalized spacial score (nSPS) is 15.9. The van der Waals surface area contributed by atoms with Crippen LogP contribution in [0, 0.1) is 0 Å². The highest BCUT2D eigenvalue weighted by Crippen LogP contribution is 2.38. The molecule has 0 aliphatic carbocycles. The van der Waals surface area contributed by atoms with Crippen molar-refractivity contribution in [1.82, 2.24) is 19.4 Å². The highest BCUT2D eigenvalue weighted by molar-refractivity contribution is 6.04. The number of nitrogens with zero attached hydrogens (tertiary/aromatic N) is 5. The average Bonchev–Trinajstić information content (AvgIpc) is 3.31. The second-order valence-electron chi connectivity index (χ2n) is 8.49. The van der Waals surface area contributed by atoms with Crippen LogP contribution in [0.25, 0.3) is 22.2 Å². The highest BCUT2D eigenvalue weighted by Gasteiger charge is 2.18. The van der Waals surface area contributed by atoms with Gasteiger partial charge in [-0.15, -0.1) is 0 Å². The lowest BCUT2D eigenvalue weighted by molar-refractivity contribution is -0.114. The minimum absolute atomic E-state index is 0.0341. The van der Waals surface area contributed by atoms with Gasteiger partial charge in [0.05, 0.1) is 40.8 Å². The largest absolute Gasteiger partial charge is 0.494 e. The molecule has 4 aromatic rings. The van der Waals surface area contributed by atoms with Gasteiger partial charge < -0.3 is 29.7 Å². The summed E-state index contributed by atoms with van der Waals surface area (Å²) in [6.45, 7) is 0.962. The number of fused-ring (bicyclic) bond motifs is 1. The molecule has 2 aromatic heterocycles. The number of hydrogen-bond donors (Lipinski definition) is 2. The smallest absolute Gasteiger partial charge is 0.283 e. The number of benzene rings is 2. The number of para-hydroxylation sites is 1. The van der Waals surface area contributed by atoms with Crippen LogP contribution in [0.5, 0.6) is 5.75 Å². The van der Waals surface area contributed by atoms with Crippen LogP contribution in [0.4, 0.5) is 27.4 Å². The molecule has 0 unspecified atom stereocenters. The molecule has 9 nitrogen and oxygen atoms in total. The van der Waals surface area contributed by atoms with E-state index in [1.165, 1.54) is 24.4 Å². The van der Waals surface area contributed by atoms with E-state index in [1.54, 1.807) is 11.9 Å². The van der Waals surface area contributed by atoms with Gasteiger partial charge in [0.2, 0.25) is 5.95 Å². The molecule has 0 bridgehead atoms. The van der Waals surface area contributed by atoms with Crippen molar-refractivity contribution >= 4 is 39.8 Å². The van der Waals surface area contributed by atoms with Gasteiger partial charge in [0.25, 0.3) is 5.91 Å². The van der Waals surface area contributed by atoms with Crippen LogP contribution >= 0.6 is 0 Å². The summed E-state index contributed by atoms with van der Waals surface area (Å²) in [4.78, 5) is 24.4. The Balaban J connectivity index is 1.92. The number of aryl methyl sites for hydroxylation is 1. The Morgan fingerprint density at radius 2 is 2.05 bits per heavy atom. The molecular formula is C28H32FN7O2. The summed E-state index contributed by atoms with van der Waals surface area (Å²) < 4.78 is 109. The quantitative estimate of drug-likeness (QED) is 0.286. The molecular weight excluding hydrogens is 485 g/mol. The lowest BCUT2D eigenvalue weighted by Gasteiger charge is -2.26. The number of carbonyl (C=O) groups is 1. The van der Waals surface area contributed by atoms with Crippen molar-refractivity contribution in [3.63, 3.8) is 0 Å². The van der Waals surface area contributed by atoms with Crippen LogP contribution in [-0.4, -0.2) is 66.6 Å². The second kappa shape index (κ2) is 11.3. The SMILES string of the molecule is [2H]c1c([2H])c([2H])c2c(c1[2H])c(-c1ccnc(Nc3cc(NC(=O)C(=C)F)c(N(C)CCN(C)C)cc3OC([2H])([2H])[2H])n1)c([2H])n2C([2H])([2H])[2H]. The standard InChI is InChI=1S/C28H32FN7O2/c1-18(29)27(37)31-22-15-23(26(38-6)16-25(22)35(4)14-13-34(2)3)33-28-30-12-11-21(32-28)20-17-36(5)24-10-8-7-9-19(20)24/h7-12,15-17H,1,13-14H2,2-6H3,(H,31,37)(H,30,32,33)/i5D3,6D3,7D,8D,9D,10D,17D. The van der Waals surface area contributed by atoms with Crippen molar-refractivity contribution in [2.24, 2.45) is 6.98 Å². The number of hydrogen-bond acceptors (Lipinski definition) is 7. The van der Waals surface area contributed by atoms with E-state index in [9.17, 15) is 9.18 Å². The number of likely N-dealkylation sites (N-methyl/N-ethyl adjacent to an activating group) is 2. The molecule has 0 aliphatic rings. The van der Waals surface area contributed by atoms with E-state index in [0.717, 1.165) is 0 Å². The van der Waals surface area contributed by atoms with Gasteiger partial charge >= 0.3 is 0 Å². The number of halogens is 1. The Labute approximate surface area is 237 Å². The molecule has 10 heteroatoms. The van der Waals surface area contributed by atoms with Gasteiger partial charge in [0.15, 0.2) is 5.83 Å². The van der Waals surface area contributed by atoms with Crippen molar-refractivity contribution in [3.05, 3.63) is 67.1 Å². The first-order chi connectivity index (χ1) is 22.6. The number of methoxy groups -OCH3 is 1. The van der Waals surface area contributed by atoms with Gasteiger partial charge in [-0.1, -0.05) is 24.7 Å². The molecule has 4 rings (SSSR count). The zero-order valence-electron chi connectivity index (χ0n) is 31.9. The van der Waals surface area contributed by atoms with E-state index < -0.39 is 61.6 Å². The van der Waals surface area contributed by atoms with Crippen LogP contribution in [0.3, 0.4) is 0 Å². The van der Waals surface area contributed by atoms with Crippen molar-refractivity contribution in [3.8, 4) is 17.0 Å². The molecule has 0 spiro atoms. The van der Waals surface area contributed by atoms with Gasteiger partial charge in [-0.25, -0.2) is 14.4 Å². The fourth-order valence-electron chi connectivity index (χ4n) is 3.57. The summed E-state index contributed by atoms with van der Waals surface area (Å²) in [5, 5.41) is 4.93. The van der Waals surface area contributed by atoms with Crippen LogP contribution in [0.1, 0.15) is 15.1 Å². The van der Waals surface area contributed by atoms with E-state index in [1.807, 2.05) is 19.0 Å². The summed E-state index contributed by atoms with van der Waals surface area (Å²) >= 11 is 0.